The second kappa shape index (κ2) is 38.9. The first-order valence-corrected chi connectivity index (χ1v) is 0. The maximum atomic E-state index is 0. The molecule has 6 heavy (non-hydrogen) atoms. The molecule has 1 radical (unpaired) electrons. The van der Waals surface area contributed by atoms with Crippen molar-refractivity contribution in [3.05, 3.63) is 0 Å². The summed E-state index contributed by atoms with van der Waals surface area (Å²) in [5, 5.41) is 0. The van der Waals surface area contributed by atoms with E-state index >= 15 is 0 Å². The van der Waals surface area contributed by atoms with Crippen molar-refractivity contribution >= 4 is 48.9 Å². The molecule has 0 N–H and O–H groups in total. The fourth-order valence-corrected chi connectivity index (χ4v) is 0. The van der Waals surface area contributed by atoms with Crippen molar-refractivity contribution in [3.8, 4) is 0 Å². The van der Waals surface area contributed by atoms with E-state index in [1.54, 1.807) is 0 Å². The Hall–Kier alpha value is 3.52. The van der Waals surface area contributed by atoms with Gasteiger partial charge in [0.2, 0.25) is 0 Å². The second-order valence-electron chi connectivity index (χ2n) is 0. The van der Waals surface area contributed by atoms with Crippen LogP contribution in [0.4, 0.5) is 0 Å². The standard InChI is InChI=1S/Ba.Nd.3O.Ti/q+2;+3;3*-2;+4. The average molecular weight is 377 g/mol. The molecule has 25 valence electrons. The zero-order chi connectivity index (χ0) is 0. The number of hydrogen-bond donors (Lipinski definition) is 0. The van der Waals surface area contributed by atoms with Crippen molar-refractivity contribution in [2.24, 2.45) is 0 Å². The van der Waals surface area contributed by atoms with Crippen LogP contribution in [0.2, 0.25) is 0 Å². The van der Waals surface area contributed by atoms with Gasteiger partial charge in [0.05, 0.1) is 0 Å². The van der Waals surface area contributed by atoms with Gasteiger partial charge < -0.3 is 16.4 Å². The first-order chi connectivity index (χ1) is 0. The number of hydrogen-bond acceptors (Lipinski definition) is 0. The molecular weight excluding hydrogens is 377 g/mol. The van der Waals surface area contributed by atoms with E-state index in [0.29, 0.717) is 0 Å². The van der Waals surface area contributed by atoms with Crippen molar-refractivity contribution in [2.45, 2.75) is 0 Å². The molecule has 0 aliphatic heterocycles. The van der Waals surface area contributed by atoms with Crippen LogP contribution >= 0.6 is 0 Å². The second-order valence-corrected chi connectivity index (χ2v) is 0. The summed E-state index contributed by atoms with van der Waals surface area (Å²) >= 11 is 0. The van der Waals surface area contributed by atoms with Gasteiger partial charge in [0.25, 0.3) is 0 Å². The van der Waals surface area contributed by atoms with E-state index in [9.17, 15) is 0 Å². The van der Waals surface area contributed by atoms with Crippen LogP contribution in [0.1, 0.15) is 0 Å². The van der Waals surface area contributed by atoms with Crippen LogP contribution in [-0.2, 0) is 38.1 Å². The largest absolute Gasteiger partial charge is 4.00 e. The van der Waals surface area contributed by atoms with E-state index in [1.165, 1.54) is 0 Å². The Morgan fingerprint density at radius 3 is 0.667 bits per heavy atom. The summed E-state index contributed by atoms with van der Waals surface area (Å²) in [6.45, 7) is 0. The van der Waals surface area contributed by atoms with Gasteiger partial charge in [-0.25, -0.2) is 0 Å². The van der Waals surface area contributed by atoms with Crippen molar-refractivity contribution in [2.75, 3.05) is 0 Å². The van der Waals surface area contributed by atoms with Crippen molar-refractivity contribution in [1.29, 1.82) is 0 Å². The predicted octanol–water partition coefficient (Wildman–Crippen LogP) is -0.740. The minimum absolute atomic E-state index is 0. The van der Waals surface area contributed by atoms with Gasteiger partial charge in [0.1, 0.15) is 0 Å². The SMILES string of the molecule is [Ba+2].[Nd+3].[O-2].[O-2].[O-2].[Ti+4]. The molecule has 0 aromatic carbocycles. The Morgan fingerprint density at radius 2 is 0.667 bits per heavy atom. The molecule has 6 heteroatoms. The van der Waals surface area contributed by atoms with Gasteiger partial charge in [-0.2, -0.15) is 0 Å². The normalized spacial score (nSPS) is 0. The van der Waals surface area contributed by atoms with Gasteiger partial charge in [0, 0.05) is 0 Å². The Kier molecular flexibility index (Phi) is 362. The van der Waals surface area contributed by atoms with Gasteiger partial charge in [-0.3, -0.25) is 0 Å². The fourth-order valence-electron chi connectivity index (χ4n) is 0. The zero-order valence-electron chi connectivity index (χ0n) is 2.93. The predicted molar refractivity (Wildman–Crippen MR) is 7.81 cm³/mol. The topological polar surface area (TPSA) is 85.5 Å². The summed E-state index contributed by atoms with van der Waals surface area (Å²) < 4.78 is 0. The van der Waals surface area contributed by atoms with E-state index in [1.807, 2.05) is 0 Å². The van der Waals surface area contributed by atoms with E-state index in [2.05, 4.69) is 0 Å². The molecular formula is BaNdO3Ti+3. The van der Waals surface area contributed by atoms with E-state index < -0.39 is 0 Å². The van der Waals surface area contributed by atoms with E-state index in [0.717, 1.165) is 0 Å². The molecule has 0 saturated heterocycles. The zero-order valence-corrected chi connectivity index (χ0v) is 12.1. The molecule has 0 heterocycles. The summed E-state index contributed by atoms with van der Waals surface area (Å²) in [5.74, 6) is 0. The molecule has 0 aromatic heterocycles. The molecule has 0 bridgehead atoms. The fraction of sp³-hybridized carbons (Fsp3) is 0. The Labute approximate surface area is 124 Å². The Morgan fingerprint density at radius 1 is 0.667 bits per heavy atom. The molecule has 0 saturated carbocycles. The number of rotatable bonds is 0. The minimum Gasteiger partial charge on any atom is -2.00 e. The van der Waals surface area contributed by atoms with Crippen LogP contribution < -0.4 is 0 Å². The summed E-state index contributed by atoms with van der Waals surface area (Å²) in [6.07, 6.45) is 0. The van der Waals surface area contributed by atoms with Gasteiger partial charge in [-0.05, 0) is 0 Å². The van der Waals surface area contributed by atoms with Crippen molar-refractivity contribution in [1.82, 2.24) is 0 Å². The van der Waals surface area contributed by atoms with Crippen molar-refractivity contribution < 1.29 is 79.0 Å². The first kappa shape index (κ1) is 55.8. The van der Waals surface area contributed by atoms with Crippen LogP contribution in [-0.4, -0.2) is 48.9 Å². The van der Waals surface area contributed by atoms with Crippen LogP contribution in [0.5, 0.6) is 0 Å². The molecule has 0 aliphatic carbocycles. The Bertz CT molecular complexity index is 10.8. The molecule has 3 nitrogen and oxygen atoms in total. The summed E-state index contributed by atoms with van der Waals surface area (Å²) in [4.78, 5) is 0. The van der Waals surface area contributed by atoms with Gasteiger partial charge >= 0.3 is 111 Å². The monoisotopic (exact) mass is 376 g/mol. The summed E-state index contributed by atoms with van der Waals surface area (Å²) in [6, 6.07) is 0. The van der Waals surface area contributed by atoms with E-state index in [-0.39, 0.29) is 128 Å². The van der Waals surface area contributed by atoms with Crippen LogP contribution in [0, 0.1) is 40.8 Å². The average Bonchev–Trinajstić information content (AvgIpc) is 0. The third-order valence-corrected chi connectivity index (χ3v) is 0. The van der Waals surface area contributed by atoms with Crippen LogP contribution in [0.25, 0.3) is 0 Å². The molecule has 0 aromatic rings. The molecule has 0 amide bonds. The van der Waals surface area contributed by atoms with Gasteiger partial charge in [0.15, 0.2) is 0 Å². The molecule has 0 aliphatic rings. The third-order valence-electron chi connectivity index (χ3n) is 0. The summed E-state index contributed by atoms with van der Waals surface area (Å²) in [5.41, 5.74) is 0. The van der Waals surface area contributed by atoms with Gasteiger partial charge in [-0.15, -0.1) is 0 Å². The molecule has 0 rings (SSSR count). The quantitative estimate of drug-likeness (QED) is 0.498. The van der Waals surface area contributed by atoms with Crippen LogP contribution in [0.15, 0.2) is 0 Å². The molecule has 0 spiro atoms. The maximum absolute atomic E-state index is 0. The minimum atomic E-state index is 0. The Balaban J connectivity index is 0. The smallest absolute Gasteiger partial charge is 2.00 e. The van der Waals surface area contributed by atoms with Gasteiger partial charge in [-0.1, -0.05) is 0 Å². The van der Waals surface area contributed by atoms with Crippen molar-refractivity contribution in [3.63, 3.8) is 0 Å². The van der Waals surface area contributed by atoms with E-state index in [4.69, 9.17) is 0 Å². The maximum Gasteiger partial charge on any atom is 4.00 e. The van der Waals surface area contributed by atoms with Crippen LogP contribution in [0.3, 0.4) is 0 Å². The molecule has 0 unspecified atom stereocenters. The first-order valence-electron chi connectivity index (χ1n) is 0. The molecule has 0 fully saturated rings. The third kappa shape index (κ3) is 25.8. The summed E-state index contributed by atoms with van der Waals surface area (Å²) in [7, 11) is 0. The molecule has 0 atom stereocenters.